The number of unbranched alkanes of at least 4 members (excludes halogenated alkanes) is 34. The first-order chi connectivity index (χ1) is 42.3. The average Bonchev–Trinajstić information content (AvgIpc) is 3.46. The molecule has 0 heterocycles. The summed E-state index contributed by atoms with van der Waals surface area (Å²) in [6.07, 6.45) is 43.3. The van der Waals surface area contributed by atoms with Crippen molar-refractivity contribution in [2.24, 2.45) is 17.8 Å². The maximum atomic E-state index is 13.0. The maximum Gasteiger partial charge on any atom is 0.472 e. The van der Waals surface area contributed by atoms with Gasteiger partial charge in [-0.1, -0.05) is 292 Å². The van der Waals surface area contributed by atoms with Crippen molar-refractivity contribution >= 4 is 39.5 Å². The predicted molar refractivity (Wildman–Crippen MR) is 354 cm³/mol. The molecule has 0 aromatic rings. The smallest absolute Gasteiger partial charge is 0.462 e. The molecule has 0 spiro atoms. The van der Waals surface area contributed by atoms with Gasteiger partial charge in [-0.3, -0.25) is 37.3 Å². The van der Waals surface area contributed by atoms with Gasteiger partial charge in [-0.25, -0.2) is 9.13 Å². The van der Waals surface area contributed by atoms with Crippen LogP contribution in [0.2, 0.25) is 0 Å². The number of hydrogen-bond donors (Lipinski definition) is 3. The second-order valence-corrected chi connectivity index (χ2v) is 29.0. The Labute approximate surface area is 537 Å². The number of hydrogen-bond acceptors (Lipinski definition) is 15. The molecular formula is C69H134O17P2. The lowest BCUT2D eigenvalue weighted by Crippen LogP contribution is -2.30. The van der Waals surface area contributed by atoms with Crippen molar-refractivity contribution in [3.05, 3.63) is 0 Å². The fourth-order valence-electron chi connectivity index (χ4n) is 10.3. The van der Waals surface area contributed by atoms with Gasteiger partial charge in [0.2, 0.25) is 0 Å². The van der Waals surface area contributed by atoms with E-state index in [-0.39, 0.29) is 25.7 Å². The van der Waals surface area contributed by atoms with Gasteiger partial charge in [0.05, 0.1) is 26.4 Å². The first-order valence-corrected chi connectivity index (χ1v) is 38.9. The number of rotatable bonds is 67. The Morgan fingerprint density at radius 1 is 0.330 bits per heavy atom. The molecule has 0 aromatic heterocycles. The standard InChI is InChI=1S/C69H134O17P2/c1-8-10-11-33-43-50-66(71)79-56-64(85-68(73)53-46-39-32-26-20-19-23-29-36-42-49-62(7)9-2)58-83-87(75,76)81-54-63(70)55-82-88(77,78)84-59-65(57-80-67(72)51-44-37-30-24-18-14-16-22-28-35-41-48-61(5)6)86-69(74)52-45-38-31-25-17-13-12-15-21-27-34-40-47-60(3)4/h60-65,70H,8-59H2,1-7H3,(H,75,76)(H,77,78)/t62?,63-,64+,65+/m0/s1. The van der Waals surface area contributed by atoms with Crippen LogP contribution in [0.5, 0.6) is 0 Å². The molecule has 3 N–H and O–H groups in total. The quantitative estimate of drug-likeness (QED) is 0.0222. The van der Waals surface area contributed by atoms with Crippen LogP contribution < -0.4 is 0 Å². The van der Waals surface area contributed by atoms with E-state index < -0.39 is 97.5 Å². The molecule has 0 aliphatic rings. The van der Waals surface area contributed by atoms with E-state index in [2.05, 4.69) is 48.5 Å². The van der Waals surface area contributed by atoms with Gasteiger partial charge in [-0.2, -0.15) is 0 Å². The summed E-state index contributed by atoms with van der Waals surface area (Å²) in [4.78, 5) is 72.3. The van der Waals surface area contributed by atoms with Crippen LogP contribution in [-0.4, -0.2) is 96.7 Å². The van der Waals surface area contributed by atoms with Crippen LogP contribution in [0.1, 0.15) is 344 Å². The minimum absolute atomic E-state index is 0.105. The second-order valence-electron chi connectivity index (χ2n) is 26.1. The fourth-order valence-corrected chi connectivity index (χ4v) is 11.9. The normalized spacial score (nSPS) is 14.5. The molecule has 88 heavy (non-hydrogen) atoms. The molecule has 0 aliphatic carbocycles. The second kappa shape index (κ2) is 60.0. The molecule has 0 radical (unpaired) electrons. The van der Waals surface area contributed by atoms with Gasteiger partial charge in [-0.15, -0.1) is 0 Å². The van der Waals surface area contributed by atoms with E-state index in [1.807, 2.05) is 0 Å². The number of aliphatic hydroxyl groups is 1. The lowest BCUT2D eigenvalue weighted by Gasteiger charge is -2.21. The molecule has 0 aromatic carbocycles. The molecule has 0 saturated carbocycles. The number of ether oxygens (including phenoxy) is 4. The summed E-state index contributed by atoms with van der Waals surface area (Å²) in [5, 5.41) is 10.6. The van der Waals surface area contributed by atoms with E-state index in [1.54, 1.807) is 0 Å². The van der Waals surface area contributed by atoms with E-state index in [0.717, 1.165) is 114 Å². The largest absolute Gasteiger partial charge is 0.472 e. The van der Waals surface area contributed by atoms with Gasteiger partial charge in [0.1, 0.15) is 19.3 Å². The van der Waals surface area contributed by atoms with Crippen LogP contribution in [0.25, 0.3) is 0 Å². The average molecular weight is 1300 g/mol. The van der Waals surface area contributed by atoms with E-state index in [0.29, 0.717) is 25.7 Å². The maximum absolute atomic E-state index is 13.0. The van der Waals surface area contributed by atoms with Crippen molar-refractivity contribution in [1.29, 1.82) is 0 Å². The van der Waals surface area contributed by atoms with Gasteiger partial charge in [0, 0.05) is 25.7 Å². The Balaban J connectivity index is 5.17. The van der Waals surface area contributed by atoms with Crippen LogP contribution >= 0.6 is 15.6 Å². The summed E-state index contributed by atoms with van der Waals surface area (Å²) in [5.74, 6) is 0.213. The molecule has 19 heteroatoms. The van der Waals surface area contributed by atoms with Crippen LogP contribution in [0.15, 0.2) is 0 Å². The van der Waals surface area contributed by atoms with Gasteiger partial charge >= 0.3 is 39.5 Å². The molecule has 522 valence electrons. The van der Waals surface area contributed by atoms with Gasteiger partial charge in [0.25, 0.3) is 0 Å². The van der Waals surface area contributed by atoms with E-state index >= 15 is 0 Å². The Morgan fingerprint density at radius 3 is 0.864 bits per heavy atom. The molecule has 0 rings (SSSR count). The van der Waals surface area contributed by atoms with E-state index in [1.165, 1.54) is 148 Å². The highest BCUT2D eigenvalue weighted by atomic mass is 31.2. The first-order valence-electron chi connectivity index (χ1n) is 35.9. The summed E-state index contributed by atoms with van der Waals surface area (Å²) in [5.41, 5.74) is 0. The molecule has 3 unspecified atom stereocenters. The lowest BCUT2D eigenvalue weighted by molar-refractivity contribution is -0.161. The highest BCUT2D eigenvalue weighted by Gasteiger charge is 2.30. The number of esters is 4. The van der Waals surface area contributed by atoms with Crippen molar-refractivity contribution in [3.63, 3.8) is 0 Å². The zero-order valence-corrected chi connectivity index (χ0v) is 59.0. The van der Waals surface area contributed by atoms with Crippen LogP contribution in [0, 0.1) is 17.8 Å². The Bertz CT molecular complexity index is 1730. The molecule has 17 nitrogen and oxygen atoms in total. The van der Waals surface area contributed by atoms with Crippen molar-refractivity contribution in [2.75, 3.05) is 39.6 Å². The first kappa shape index (κ1) is 86.1. The highest BCUT2D eigenvalue weighted by Crippen LogP contribution is 2.45. The SMILES string of the molecule is CCCCCCCC(=O)OC[C@H](COP(=O)(O)OC[C@H](O)COP(=O)(O)OC[C@@H](COC(=O)CCCCCCCCCCCCCC(C)C)OC(=O)CCCCCCCCCCCCCCC(C)C)OC(=O)CCCCCCCCCCCCC(C)CC. The van der Waals surface area contributed by atoms with Crippen molar-refractivity contribution in [2.45, 2.75) is 362 Å². The number of aliphatic hydroxyl groups excluding tert-OH is 1. The lowest BCUT2D eigenvalue weighted by atomic mass is 9.99. The van der Waals surface area contributed by atoms with Gasteiger partial charge in [-0.05, 0) is 43.4 Å². The molecule has 0 saturated heterocycles. The summed E-state index contributed by atoms with van der Waals surface area (Å²) in [6.45, 7) is 11.8. The third kappa shape index (κ3) is 61.6. The summed E-state index contributed by atoms with van der Waals surface area (Å²) < 4.78 is 68.1. The minimum Gasteiger partial charge on any atom is -0.462 e. The van der Waals surface area contributed by atoms with Crippen LogP contribution in [0.3, 0.4) is 0 Å². The topological polar surface area (TPSA) is 237 Å². The number of carbonyl (C=O) groups excluding carboxylic acids is 4. The summed E-state index contributed by atoms with van der Waals surface area (Å²) in [6, 6.07) is 0. The predicted octanol–water partition coefficient (Wildman–Crippen LogP) is 19.5. The van der Waals surface area contributed by atoms with E-state index in [9.17, 15) is 43.2 Å². The van der Waals surface area contributed by atoms with Gasteiger partial charge in [0.15, 0.2) is 12.2 Å². The summed E-state index contributed by atoms with van der Waals surface area (Å²) in [7, 11) is -9.89. The third-order valence-corrected chi connectivity index (χ3v) is 18.1. The number of phosphoric acid groups is 2. The Morgan fingerprint density at radius 2 is 0.580 bits per heavy atom. The Hall–Kier alpha value is -1.94. The Kier molecular flexibility index (Phi) is 58.7. The molecule has 0 bridgehead atoms. The van der Waals surface area contributed by atoms with Crippen LogP contribution in [-0.2, 0) is 65.4 Å². The van der Waals surface area contributed by atoms with Crippen molar-refractivity contribution in [3.8, 4) is 0 Å². The molecule has 0 amide bonds. The van der Waals surface area contributed by atoms with Crippen molar-refractivity contribution in [1.82, 2.24) is 0 Å². The monoisotopic (exact) mass is 1300 g/mol. The third-order valence-electron chi connectivity index (χ3n) is 16.2. The molecule has 0 fully saturated rings. The fraction of sp³-hybridized carbons (Fsp3) is 0.942. The molecule has 0 aliphatic heterocycles. The van der Waals surface area contributed by atoms with E-state index in [4.69, 9.17) is 37.0 Å². The van der Waals surface area contributed by atoms with Gasteiger partial charge < -0.3 is 33.8 Å². The summed E-state index contributed by atoms with van der Waals surface area (Å²) >= 11 is 0. The zero-order chi connectivity index (χ0) is 65.2. The molecule has 6 atom stereocenters. The number of phosphoric ester groups is 2. The van der Waals surface area contributed by atoms with Crippen LogP contribution in [0.4, 0.5) is 0 Å². The molecular weight excluding hydrogens is 1160 g/mol. The highest BCUT2D eigenvalue weighted by molar-refractivity contribution is 7.47. The number of carbonyl (C=O) groups is 4. The minimum atomic E-state index is -4.95. The zero-order valence-electron chi connectivity index (χ0n) is 57.2. The van der Waals surface area contributed by atoms with Crippen molar-refractivity contribution < 1.29 is 80.2 Å².